The molecule has 3 nitrogen and oxygen atoms in total. The Bertz CT molecular complexity index is 372. The summed E-state index contributed by atoms with van der Waals surface area (Å²) in [4.78, 5) is 2.42. The molecule has 0 saturated heterocycles. The van der Waals surface area contributed by atoms with E-state index >= 15 is 0 Å². The summed E-state index contributed by atoms with van der Waals surface area (Å²) >= 11 is 0. The van der Waals surface area contributed by atoms with Gasteiger partial charge in [-0.05, 0) is 31.5 Å². The molecule has 0 spiro atoms. The fraction of sp³-hybridized carbons (Fsp3) is 0.571. The van der Waals surface area contributed by atoms with Crippen molar-refractivity contribution < 1.29 is 4.74 Å². The van der Waals surface area contributed by atoms with Gasteiger partial charge in [0.2, 0.25) is 0 Å². The lowest BCUT2D eigenvalue weighted by molar-refractivity contribution is 0.237. The first-order valence-corrected chi connectivity index (χ1v) is 6.33. The van der Waals surface area contributed by atoms with Gasteiger partial charge in [-0.25, -0.2) is 0 Å². The van der Waals surface area contributed by atoms with Crippen LogP contribution in [-0.2, 0) is 6.54 Å². The van der Waals surface area contributed by atoms with Crippen LogP contribution in [0.2, 0.25) is 0 Å². The van der Waals surface area contributed by atoms with Gasteiger partial charge in [0.15, 0.2) is 0 Å². The zero-order valence-corrected chi connectivity index (χ0v) is 10.8. The second-order valence-electron chi connectivity index (χ2n) is 4.92. The molecule has 2 rings (SSSR count). The van der Waals surface area contributed by atoms with E-state index in [1.165, 1.54) is 31.2 Å². The van der Waals surface area contributed by atoms with Gasteiger partial charge in [-0.1, -0.05) is 18.9 Å². The Morgan fingerprint density at radius 2 is 2.06 bits per heavy atom. The summed E-state index contributed by atoms with van der Waals surface area (Å²) in [6, 6.07) is 6.68. The van der Waals surface area contributed by atoms with Crippen LogP contribution in [-0.4, -0.2) is 25.1 Å². The SMILES string of the molecule is COc1ccc(CN(C)C2CCCC2)c(N)c1. The van der Waals surface area contributed by atoms with Crippen LogP contribution in [0.4, 0.5) is 5.69 Å². The van der Waals surface area contributed by atoms with Crippen LogP contribution in [0.15, 0.2) is 18.2 Å². The number of nitrogens with two attached hydrogens (primary N) is 1. The van der Waals surface area contributed by atoms with E-state index in [0.717, 1.165) is 24.0 Å². The van der Waals surface area contributed by atoms with Gasteiger partial charge in [0, 0.05) is 24.3 Å². The molecule has 0 heterocycles. The Kier molecular flexibility index (Phi) is 3.89. The average molecular weight is 234 g/mol. The molecule has 94 valence electrons. The van der Waals surface area contributed by atoms with Crippen molar-refractivity contribution in [2.75, 3.05) is 19.9 Å². The first-order valence-electron chi connectivity index (χ1n) is 6.33. The third kappa shape index (κ3) is 2.91. The Labute approximate surface area is 104 Å². The molecule has 0 amide bonds. The van der Waals surface area contributed by atoms with Crippen LogP contribution in [0.25, 0.3) is 0 Å². The van der Waals surface area contributed by atoms with E-state index in [1.54, 1.807) is 7.11 Å². The van der Waals surface area contributed by atoms with Crippen molar-refractivity contribution in [1.29, 1.82) is 0 Å². The van der Waals surface area contributed by atoms with Gasteiger partial charge < -0.3 is 10.5 Å². The van der Waals surface area contributed by atoms with Crippen LogP contribution in [0.5, 0.6) is 5.75 Å². The van der Waals surface area contributed by atoms with Crippen LogP contribution < -0.4 is 10.5 Å². The maximum Gasteiger partial charge on any atom is 0.120 e. The standard InChI is InChI=1S/C14H22N2O/c1-16(12-5-3-4-6-12)10-11-7-8-13(17-2)9-14(11)15/h7-9,12H,3-6,10,15H2,1-2H3. The van der Waals surface area contributed by atoms with Crippen molar-refractivity contribution in [2.45, 2.75) is 38.3 Å². The van der Waals surface area contributed by atoms with Gasteiger partial charge >= 0.3 is 0 Å². The molecule has 3 heteroatoms. The highest BCUT2D eigenvalue weighted by Gasteiger charge is 2.19. The lowest BCUT2D eigenvalue weighted by Gasteiger charge is -2.24. The number of benzene rings is 1. The van der Waals surface area contributed by atoms with E-state index in [9.17, 15) is 0 Å². The zero-order chi connectivity index (χ0) is 12.3. The van der Waals surface area contributed by atoms with Gasteiger partial charge in [-0.3, -0.25) is 4.90 Å². The van der Waals surface area contributed by atoms with E-state index in [2.05, 4.69) is 18.0 Å². The molecular weight excluding hydrogens is 212 g/mol. The third-order valence-corrected chi connectivity index (χ3v) is 3.72. The maximum absolute atomic E-state index is 6.04. The summed E-state index contributed by atoms with van der Waals surface area (Å²) in [7, 11) is 3.86. The molecule has 1 saturated carbocycles. The highest BCUT2D eigenvalue weighted by molar-refractivity contribution is 5.51. The predicted molar refractivity (Wildman–Crippen MR) is 71.1 cm³/mol. The second kappa shape index (κ2) is 5.41. The second-order valence-corrected chi connectivity index (χ2v) is 4.92. The Hall–Kier alpha value is -1.22. The summed E-state index contributed by atoms with van der Waals surface area (Å²) in [6.45, 7) is 0.931. The fourth-order valence-corrected chi connectivity index (χ4v) is 2.59. The van der Waals surface area contributed by atoms with Gasteiger partial charge in [-0.2, -0.15) is 0 Å². The van der Waals surface area contributed by atoms with E-state index in [4.69, 9.17) is 10.5 Å². The van der Waals surface area contributed by atoms with Crippen LogP contribution in [0.3, 0.4) is 0 Å². The smallest absolute Gasteiger partial charge is 0.120 e. The Morgan fingerprint density at radius 3 is 2.65 bits per heavy atom. The lowest BCUT2D eigenvalue weighted by atomic mass is 10.1. The monoisotopic (exact) mass is 234 g/mol. The maximum atomic E-state index is 6.04. The molecule has 1 fully saturated rings. The van der Waals surface area contributed by atoms with Gasteiger partial charge in [0.1, 0.15) is 5.75 Å². The minimum atomic E-state index is 0.733. The normalized spacial score (nSPS) is 16.6. The number of methoxy groups -OCH3 is 1. The van der Waals surface area contributed by atoms with Crippen molar-refractivity contribution >= 4 is 5.69 Å². The number of nitrogens with zero attached hydrogens (tertiary/aromatic N) is 1. The van der Waals surface area contributed by atoms with Crippen molar-refractivity contribution in [1.82, 2.24) is 4.90 Å². The molecule has 1 aromatic rings. The van der Waals surface area contributed by atoms with Gasteiger partial charge in [0.25, 0.3) is 0 Å². The Morgan fingerprint density at radius 1 is 1.35 bits per heavy atom. The molecule has 0 radical (unpaired) electrons. The molecule has 1 aliphatic carbocycles. The topological polar surface area (TPSA) is 38.5 Å². The Balaban J connectivity index is 2.02. The minimum Gasteiger partial charge on any atom is -0.497 e. The summed E-state index contributed by atoms with van der Waals surface area (Å²) in [6.07, 6.45) is 5.39. The van der Waals surface area contributed by atoms with Crippen molar-refractivity contribution in [3.8, 4) is 5.75 Å². The molecule has 0 aromatic heterocycles. The highest BCUT2D eigenvalue weighted by Crippen LogP contribution is 2.26. The largest absolute Gasteiger partial charge is 0.497 e. The predicted octanol–water partition coefficient (Wildman–Crippen LogP) is 2.65. The molecule has 0 aliphatic heterocycles. The molecule has 1 aliphatic rings. The minimum absolute atomic E-state index is 0.733. The van der Waals surface area contributed by atoms with E-state index in [0.29, 0.717) is 0 Å². The van der Waals surface area contributed by atoms with Crippen LogP contribution >= 0.6 is 0 Å². The number of nitrogen functional groups attached to an aromatic ring is 1. The number of rotatable bonds is 4. The quantitative estimate of drug-likeness (QED) is 0.814. The number of anilines is 1. The molecule has 2 N–H and O–H groups in total. The van der Waals surface area contributed by atoms with E-state index in [1.807, 2.05) is 12.1 Å². The molecule has 1 aromatic carbocycles. The van der Waals surface area contributed by atoms with Crippen LogP contribution in [0, 0.1) is 0 Å². The van der Waals surface area contributed by atoms with E-state index in [-0.39, 0.29) is 0 Å². The number of hydrogen-bond acceptors (Lipinski definition) is 3. The van der Waals surface area contributed by atoms with Crippen molar-refractivity contribution in [3.05, 3.63) is 23.8 Å². The van der Waals surface area contributed by atoms with Crippen molar-refractivity contribution in [3.63, 3.8) is 0 Å². The number of ether oxygens (including phenoxy) is 1. The van der Waals surface area contributed by atoms with Crippen LogP contribution in [0.1, 0.15) is 31.2 Å². The van der Waals surface area contributed by atoms with E-state index < -0.39 is 0 Å². The molecule has 17 heavy (non-hydrogen) atoms. The molecule has 0 unspecified atom stereocenters. The number of hydrogen-bond donors (Lipinski definition) is 1. The molecule has 0 atom stereocenters. The first-order chi connectivity index (χ1) is 8.20. The highest BCUT2D eigenvalue weighted by atomic mass is 16.5. The van der Waals surface area contributed by atoms with Gasteiger partial charge in [0.05, 0.1) is 7.11 Å². The summed E-state index contributed by atoms with van der Waals surface area (Å²) in [5, 5.41) is 0. The lowest BCUT2D eigenvalue weighted by Crippen LogP contribution is -2.28. The summed E-state index contributed by atoms with van der Waals surface area (Å²) in [5.74, 6) is 0.828. The fourth-order valence-electron chi connectivity index (χ4n) is 2.59. The van der Waals surface area contributed by atoms with Gasteiger partial charge in [-0.15, -0.1) is 0 Å². The first kappa shape index (κ1) is 12.2. The third-order valence-electron chi connectivity index (χ3n) is 3.72. The van der Waals surface area contributed by atoms with Crippen molar-refractivity contribution in [2.24, 2.45) is 0 Å². The average Bonchev–Trinajstić information content (AvgIpc) is 2.85. The summed E-state index contributed by atoms with van der Waals surface area (Å²) < 4.78 is 5.16. The zero-order valence-electron chi connectivity index (χ0n) is 10.8. The summed E-state index contributed by atoms with van der Waals surface area (Å²) in [5.41, 5.74) is 8.06. The molecular formula is C14H22N2O. The molecule has 0 bridgehead atoms.